The molecule has 0 spiro atoms. The van der Waals surface area contributed by atoms with Crippen molar-refractivity contribution in [2.24, 2.45) is 19.5 Å². The third-order valence-corrected chi connectivity index (χ3v) is 5.48. The highest BCUT2D eigenvalue weighted by Gasteiger charge is 2.26. The average Bonchev–Trinajstić information content (AvgIpc) is 3.05. The number of aliphatic hydroxyl groups is 1. The van der Waals surface area contributed by atoms with Crippen LogP contribution in [0.15, 0.2) is 35.3 Å². The second-order valence-electron chi connectivity index (χ2n) is 9.91. The first-order valence-electron chi connectivity index (χ1n) is 11.1. The van der Waals surface area contributed by atoms with Gasteiger partial charge in [-0.1, -0.05) is 26.8 Å². The van der Waals surface area contributed by atoms with E-state index in [2.05, 4.69) is 5.32 Å². The predicted octanol–water partition coefficient (Wildman–Crippen LogP) is 2.68. The number of ether oxygens (including phenoxy) is 1. The molecule has 33 heavy (non-hydrogen) atoms. The first kappa shape index (κ1) is 24.7. The summed E-state index contributed by atoms with van der Waals surface area (Å²) in [6.07, 6.45) is 0.894. The topological polar surface area (TPSA) is 98.4 Å². The van der Waals surface area contributed by atoms with E-state index < -0.39 is 18.1 Å². The number of fused-ring (bicyclic) bond motifs is 1. The van der Waals surface area contributed by atoms with Crippen molar-refractivity contribution < 1.29 is 14.6 Å². The number of rotatable bonds is 7. The zero-order valence-electron chi connectivity index (χ0n) is 20.5. The van der Waals surface area contributed by atoms with Crippen LogP contribution in [0.25, 0.3) is 22.4 Å². The number of esters is 1. The summed E-state index contributed by atoms with van der Waals surface area (Å²) in [6.45, 7) is 9.97. The number of aryl methyl sites for hydroxylation is 3. The minimum atomic E-state index is -0.893. The van der Waals surface area contributed by atoms with Crippen molar-refractivity contribution in [3.63, 3.8) is 0 Å². The van der Waals surface area contributed by atoms with Crippen LogP contribution in [0.4, 0.5) is 0 Å². The van der Waals surface area contributed by atoms with Gasteiger partial charge in [-0.05, 0) is 43.0 Å². The molecule has 0 aliphatic carbocycles. The van der Waals surface area contributed by atoms with Gasteiger partial charge in [0.2, 0.25) is 0 Å². The Morgan fingerprint density at radius 1 is 1.24 bits per heavy atom. The Labute approximate surface area is 194 Å². The maximum Gasteiger partial charge on any atom is 0.325 e. The first-order chi connectivity index (χ1) is 15.4. The van der Waals surface area contributed by atoms with Crippen LogP contribution in [0, 0.1) is 12.3 Å². The molecule has 3 aromatic rings. The standard InChI is InChI=1S/C25H34N4O4/c1-15-10-18(13-28(6)23(15)31)22-27-19-11-17(8-9-20(19)29(22)7)12-26-21(16(2)30)24(32)33-14-25(3,4)5/h8-11,13,16,21,26,30H,12,14H2,1-7H3. The molecule has 8 heteroatoms. The number of carbonyl (C=O) groups excluding carboxylic acids is 1. The van der Waals surface area contributed by atoms with Crippen LogP contribution in [0.3, 0.4) is 0 Å². The van der Waals surface area contributed by atoms with Crippen molar-refractivity contribution in [2.75, 3.05) is 6.61 Å². The summed E-state index contributed by atoms with van der Waals surface area (Å²) in [5.74, 6) is 0.299. The molecule has 0 amide bonds. The molecule has 2 N–H and O–H groups in total. The van der Waals surface area contributed by atoms with Crippen molar-refractivity contribution in [1.29, 1.82) is 0 Å². The van der Waals surface area contributed by atoms with Crippen LogP contribution in [0.2, 0.25) is 0 Å². The maximum atomic E-state index is 12.5. The van der Waals surface area contributed by atoms with Gasteiger partial charge in [0.15, 0.2) is 0 Å². The smallest absolute Gasteiger partial charge is 0.325 e. The lowest BCUT2D eigenvalue weighted by molar-refractivity contribution is -0.151. The van der Waals surface area contributed by atoms with Gasteiger partial charge in [-0.25, -0.2) is 4.98 Å². The molecule has 0 saturated heterocycles. The summed E-state index contributed by atoms with van der Waals surface area (Å²) in [7, 11) is 3.67. The van der Waals surface area contributed by atoms with Gasteiger partial charge in [-0.2, -0.15) is 0 Å². The minimum absolute atomic E-state index is 0.0282. The summed E-state index contributed by atoms with van der Waals surface area (Å²) in [6, 6.07) is 6.93. The Balaban J connectivity index is 1.81. The van der Waals surface area contributed by atoms with E-state index in [4.69, 9.17) is 9.72 Å². The summed E-state index contributed by atoms with van der Waals surface area (Å²) >= 11 is 0. The maximum absolute atomic E-state index is 12.5. The number of imidazole rings is 1. The van der Waals surface area contributed by atoms with E-state index in [0.717, 1.165) is 28.0 Å². The zero-order valence-corrected chi connectivity index (χ0v) is 20.5. The first-order valence-corrected chi connectivity index (χ1v) is 11.1. The Bertz CT molecular complexity index is 1190. The van der Waals surface area contributed by atoms with Crippen LogP contribution >= 0.6 is 0 Å². The number of aromatic nitrogens is 3. The van der Waals surface area contributed by atoms with Gasteiger partial charge in [0.1, 0.15) is 11.9 Å². The van der Waals surface area contributed by atoms with Crippen LogP contribution in [0.1, 0.15) is 38.8 Å². The molecule has 3 rings (SSSR count). The summed E-state index contributed by atoms with van der Waals surface area (Å²) in [5, 5.41) is 13.2. The summed E-state index contributed by atoms with van der Waals surface area (Å²) in [5.41, 5.74) is 4.04. The molecule has 2 heterocycles. The fraction of sp³-hybridized carbons (Fsp3) is 0.480. The largest absolute Gasteiger partial charge is 0.464 e. The van der Waals surface area contributed by atoms with Crippen molar-refractivity contribution in [1.82, 2.24) is 19.4 Å². The number of hydrogen-bond donors (Lipinski definition) is 2. The van der Waals surface area contributed by atoms with Gasteiger partial charge < -0.3 is 19.0 Å². The number of hydrogen-bond acceptors (Lipinski definition) is 6. The number of pyridine rings is 1. The molecule has 2 unspecified atom stereocenters. The normalized spacial score (nSPS) is 13.8. The number of nitrogens with one attached hydrogen (secondary N) is 1. The van der Waals surface area contributed by atoms with E-state index in [1.807, 2.05) is 56.7 Å². The van der Waals surface area contributed by atoms with Crippen molar-refractivity contribution in [3.05, 3.63) is 51.9 Å². The van der Waals surface area contributed by atoms with Crippen molar-refractivity contribution in [3.8, 4) is 11.4 Å². The third-order valence-electron chi connectivity index (χ3n) is 5.48. The second-order valence-corrected chi connectivity index (χ2v) is 9.91. The quantitative estimate of drug-likeness (QED) is 0.533. The minimum Gasteiger partial charge on any atom is -0.464 e. The van der Waals surface area contributed by atoms with Gasteiger partial charge in [0, 0.05) is 38.0 Å². The Hall–Kier alpha value is -2.97. The molecule has 0 saturated carbocycles. The molecule has 0 fully saturated rings. The Morgan fingerprint density at radius 2 is 1.94 bits per heavy atom. The molecule has 0 aliphatic rings. The lowest BCUT2D eigenvalue weighted by Crippen LogP contribution is -2.46. The second kappa shape index (κ2) is 9.49. The van der Waals surface area contributed by atoms with E-state index in [1.54, 1.807) is 31.7 Å². The van der Waals surface area contributed by atoms with Crippen LogP contribution in [-0.4, -0.2) is 43.9 Å². The van der Waals surface area contributed by atoms with Gasteiger partial charge >= 0.3 is 5.97 Å². The number of benzene rings is 1. The van der Waals surface area contributed by atoms with E-state index in [0.29, 0.717) is 12.1 Å². The monoisotopic (exact) mass is 454 g/mol. The molecule has 0 aliphatic heterocycles. The lowest BCUT2D eigenvalue weighted by Gasteiger charge is -2.23. The van der Waals surface area contributed by atoms with E-state index in [-0.39, 0.29) is 17.6 Å². The third kappa shape index (κ3) is 5.69. The highest BCUT2D eigenvalue weighted by Crippen LogP contribution is 2.24. The molecule has 0 radical (unpaired) electrons. The highest BCUT2D eigenvalue weighted by molar-refractivity contribution is 5.81. The fourth-order valence-electron chi connectivity index (χ4n) is 3.67. The molecule has 2 aromatic heterocycles. The number of nitrogens with zero attached hydrogens (tertiary/aromatic N) is 3. The van der Waals surface area contributed by atoms with Gasteiger partial charge in [0.25, 0.3) is 5.56 Å². The summed E-state index contributed by atoms with van der Waals surface area (Å²) < 4.78 is 8.94. The highest BCUT2D eigenvalue weighted by atomic mass is 16.5. The van der Waals surface area contributed by atoms with E-state index in [1.165, 1.54) is 0 Å². The molecule has 178 valence electrons. The predicted molar refractivity (Wildman–Crippen MR) is 129 cm³/mol. The number of carbonyl (C=O) groups is 1. The number of aliphatic hydroxyl groups excluding tert-OH is 1. The fourth-order valence-corrected chi connectivity index (χ4v) is 3.67. The SMILES string of the molecule is Cc1cc(-c2nc3cc(CNC(C(=O)OCC(C)(C)C)C(C)O)ccc3n2C)cn(C)c1=O. The molecular formula is C25H34N4O4. The van der Waals surface area contributed by atoms with E-state index >= 15 is 0 Å². The van der Waals surface area contributed by atoms with Gasteiger partial charge in [0.05, 0.1) is 23.7 Å². The molecule has 8 nitrogen and oxygen atoms in total. The van der Waals surface area contributed by atoms with Crippen molar-refractivity contribution >= 4 is 17.0 Å². The molecule has 2 atom stereocenters. The van der Waals surface area contributed by atoms with E-state index in [9.17, 15) is 14.7 Å². The average molecular weight is 455 g/mol. The Morgan fingerprint density at radius 3 is 2.55 bits per heavy atom. The zero-order chi connectivity index (χ0) is 24.5. The van der Waals surface area contributed by atoms with Crippen LogP contribution in [0.5, 0.6) is 0 Å². The Kier molecular flexibility index (Phi) is 7.09. The van der Waals surface area contributed by atoms with Crippen LogP contribution in [-0.2, 0) is 30.2 Å². The van der Waals surface area contributed by atoms with Crippen molar-refractivity contribution in [2.45, 2.75) is 53.3 Å². The molecular weight excluding hydrogens is 420 g/mol. The molecule has 0 bridgehead atoms. The van der Waals surface area contributed by atoms with Gasteiger partial charge in [-0.3, -0.25) is 14.9 Å². The van der Waals surface area contributed by atoms with Gasteiger partial charge in [-0.15, -0.1) is 0 Å². The lowest BCUT2D eigenvalue weighted by atomic mass is 9.98. The molecule has 1 aromatic carbocycles. The van der Waals surface area contributed by atoms with Crippen LogP contribution < -0.4 is 10.9 Å². The summed E-state index contributed by atoms with van der Waals surface area (Å²) in [4.78, 5) is 29.3.